The molecule has 5 amide bonds. The molecule has 2 unspecified atom stereocenters. The van der Waals surface area contributed by atoms with Gasteiger partial charge in [0.25, 0.3) is 0 Å². The third-order valence-electron chi connectivity index (χ3n) is 12.4. The summed E-state index contributed by atoms with van der Waals surface area (Å²) in [5.41, 5.74) is 25.0. The highest BCUT2D eigenvalue weighted by Crippen LogP contribution is 2.38. The highest BCUT2D eigenvalue weighted by molar-refractivity contribution is 5.95. The Bertz CT molecular complexity index is 2250. The van der Waals surface area contributed by atoms with Crippen LogP contribution in [0.3, 0.4) is 0 Å². The largest absolute Gasteiger partial charge is 0.370 e. The van der Waals surface area contributed by atoms with Crippen LogP contribution < -0.4 is 44.2 Å². The van der Waals surface area contributed by atoms with Crippen molar-refractivity contribution < 1.29 is 28.8 Å². The van der Waals surface area contributed by atoms with Gasteiger partial charge in [0.15, 0.2) is 5.96 Å². The fourth-order valence-corrected chi connectivity index (χ4v) is 8.31. The summed E-state index contributed by atoms with van der Waals surface area (Å²) in [6.07, 6.45) is 7.69. The molecular weight excluding hydrogens is 885 g/mol. The number of nitrogens with zero attached hydrogens (tertiary/aromatic N) is 2. The highest BCUT2D eigenvalue weighted by Gasteiger charge is 2.42. The number of guanidine groups is 1. The SMILES string of the molecule is CCCC=O.CCCCC(NC(=O)C(Cc1ccc2ccccc2c1)N(C)C(=O)[C@H](CCCN=C(N)N)NC(=O)CNC(=O)C1(NCCN)CCC(c2ccccc2)CC1)C(N)=O.Cc1ccccc1. The number of aldehydes is 1. The maximum Gasteiger partial charge on any atom is 0.245 e. The molecule has 4 aromatic carbocycles. The molecule has 0 radical (unpaired) electrons. The second-order valence-corrected chi connectivity index (χ2v) is 17.8. The van der Waals surface area contributed by atoms with E-state index >= 15 is 0 Å². The topological polar surface area (TPSA) is 270 Å². The number of nitrogens with two attached hydrogens (primary N) is 4. The number of unbranched alkanes of at least 4 members (excludes halogenated alkanes) is 2. The van der Waals surface area contributed by atoms with E-state index in [1.54, 1.807) is 0 Å². The molecule has 380 valence electrons. The lowest BCUT2D eigenvalue weighted by atomic mass is 9.73. The number of aliphatic imine (C=N–C) groups is 1. The summed E-state index contributed by atoms with van der Waals surface area (Å²) < 4.78 is 0. The summed E-state index contributed by atoms with van der Waals surface area (Å²) in [6, 6.07) is 31.0. The summed E-state index contributed by atoms with van der Waals surface area (Å²) in [4.78, 5) is 82.9. The van der Waals surface area contributed by atoms with E-state index in [2.05, 4.69) is 57.4 Å². The minimum absolute atomic E-state index is 0.110. The average molecular weight is 963 g/mol. The number of carbonyl (C=O) groups is 6. The number of amides is 5. The Hall–Kier alpha value is -6.65. The van der Waals surface area contributed by atoms with Gasteiger partial charge in [0, 0.05) is 39.5 Å². The monoisotopic (exact) mass is 963 g/mol. The lowest BCUT2D eigenvalue weighted by Crippen LogP contribution is -2.61. The van der Waals surface area contributed by atoms with Gasteiger partial charge in [-0.05, 0) is 86.1 Å². The number of nitrogens with one attached hydrogen (secondary N) is 4. The van der Waals surface area contributed by atoms with Crippen molar-refractivity contribution >= 4 is 52.6 Å². The molecular formula is C54H78N10O6. The first-order valence-corrected chi connectivity index (χ1v) is 24.6. The zero-order chi connectivity index (χ0) is 51.3. The lowest BCUT2D eigenvalue weighted by Gasteiger charge is -2.40. The van der Waals surface area contributed by atoms with Crippen molar-refractivity contribution in [1.82, 2.24) is 26.2 Å². The van der Waals surface area contributed by atoms with Crippen LogP contribution in [0.15, 0.2) is 108 Å². The molecule has 16 heteroatoms. The Balaban J connectivity index is 0.000000946. The van der Waals surface area contributed by atoms with Crippen LogP contribution in [0.4, 0.5) is 0 Å². The molecule has 0 saturated heterocycles. The molecule has 0 heterocycles. The van der Waals surface area contributed by atoms with Gasteiger partial charge in [-0.25, -0.2) is 0 Å². The van der Waals surface area contributed by atoms with E-state index in [0.717, 1.165) is 48.3 Å². The van der Waals surface area contributed by atoms with Gasteiger partial charge >= 0.3 is 0 Å². The number of carbonyl (C=O) groups excluding carboxylic acids is 6. The van der Waals surface area contributed by atoms with Crippen molar-refractivity contribution in [3.8, 4) is 0 Å². The second kappa shape index (κ2) is 31.5. The fraction of sp³-hybridized carbons (Fsp3) is 0.463. The number of primary amides is 1. The normalized spacial score (nSPS) is 16.3. The van der Waals surface area contributed by atoms with E-state index in [0.29, 0.717) is 57.5 Å². The van der Waals surface area contributed by atoms with E-state index in [1.165, 1.54) is 23.1 Å². The molecule has 1 fully saturated rings. The summed E-state index contributed by atoms with van der Waals surface area (Å²) in [6.45, 7) is 6.62. The summed E-state index contributed by atoms with van der Waals surface area (Å²) in [7, 11) is 1.49. The fourth-order valence-electron chi connectivity index (χ4n) is 8.31. The molecule has 4 aromatic rings. The van der Waals surface area contributed by atoms with Gasteiger partial charge in [-0.3, -0.25) is 29.0 Å². The van der Waals surface area contributed by atoms with Crippen molar-refractivity contribution in [2.24, 2.45) is 27.9 Å². The molecule has 0 aromatic heterocycles. The molecule has 3 atom stereocenters. The van der Waals surface area contributed by atoms with Crippen molar-refractivity contribution in [2.75, 3.05) is 33.2 Å². The molecule has 0 spiro atoms. The first-order valence-electron chi connectivity index (χ1n) is 24.6. The van der Waals surface area contributed by atoms with Crippen molar-refractivity contribution in [2.45, 2.75) is 127 Å². The molecule has 70 heavy (non-hydrogen) atoms. The molecule has 5 rings (SSSR count). The molecule has 0 bridgehead atoms. The van der Waals surface area contributed by atoms with Crippen LogP contribution in [0.1, 0.15) is 107 Å². The molecule has 16 nitrogen and oxygen atoms in total. The van der Waals surface area contributed by atoms with E-state index < -0.39 is 47.3 Å². The number of hydrogen-bond acceptors (Lipinski definition) is 9. The zero-order valence-electron chi connectivity index (χ0n) is 41.7. The first kappa shape index (κ1) is 57.7. The van der Waals surface area contributed by atoms with Crippen LogP contribution in [-0.2, 0) is 35.2 Å². The molecule has 12 N–H and O–H groups in total. The van der Waals surface area contributed by atoms with E-state index in [-0.39, 0.29) is 37.8 Å². The smallest absolute Gasteiger partial charge is 0.245 e. The Kier molecular flexibility index (Phi) is 25.9. The minimum atomic E-state index is -1.10. The van der Waals surface area contributed by atoms with Crippen LogP contribution in [0.25, 0.3) is 10.8 Å². The quantitative estimate of drug-likeness (QED) is 0.0209. The van der Waals surface area contributed by atoms with Crippen molar-refractivity contribution in [3.05, 3.63) is 120 Å². The van der Waals surface area contributed by atoms with Crippen LogP contribution >= 0.6 is 0 Å². The van der Waals surface area contributed by atoms with Crippen molar-refractivity contribution in [3.63, 3.8) is 0 Å². The number of fused-ring (bicyclic) bond motifs is 1. The Morgan fingerprint density at radius 2 is 1.43 bits per heavy atom. The standard InChI is InChI=1S/C43H62N10O5.C7H8.C4H8O/c1-3-4-15-34(38(45)55)52-39(56)36(27-29-17-18-31-13-8-9-14-33(31)26-29)53(2)40(57)35(16-10-24-48-42(46)47)51-37(54)28-49-41(58)43(50-25-23-44)21-19-32(20-22-43)30-11-6-5-7-12-30;1-7-5-3-2-4-6-7;1-2-3-4-5/h5-9,11-14,17-18,26,32,34-36,50H,3-4,10,15-16,19-25,27-28,44H2,1-2H3,(H2,45,55)(H,49,58)(H,51,54)(H,52,56)(H4,46,47,48);2-6H,1H3;4H,2-3H2,1H3/t32?,34?,35-,36?,43?;;/m0../s1. The second-order valence-electron chi connectivity index (χ2n) is 17.8. The highest BCUT2D eigenvalue weighted by atomic mass is 16.2. The number of likely N-dealkylation sites (N-methyl/N-ethyl adjacent to an activating group) is 1. The maximum atomic E-state index is 14.4. The summed E-state index contributed by atoms with van der Waals surface area (Å²) >= 11 is 0. The van der Waals surface area contributed by atoms with Gasteiger partial charge in [0.1, 0.15) is 24.4 Å². The van der Waals surface area contributed by atoms with Gasteiger partial charge in [-0.15, -0.1) is 0 Å². The minimum Gasteiger partial charge on any atom is -0.370 e. The van der Waals surface area contributed by atoms with Crippen LogP contribution in [0, 0.1) is 6.92 Å². The van der Waals surface area contributed by atoms with Gasteiger partial charge in [0.2, 0.25) is 29.5 Å². The predicted molar refractivity (Wildman–Crippen MR) is 279 cm³/mol. The van der Waals surface area contributed by atoms with E-state index in [1.807, 2.05) is 92.7 Å². The summed E-state index contributed by atoms with van der Waals surface area (Å²) in [5, 5.41) is 13.7. The maximum absolute atomic E-state index is 14.4. The van der Waals surface area contributed by atoms with Crippen LogP contribution in [0.2, 0.25) is 0 Å². The number of benzene rings is 4. The van der Waals surface area contributed by atoms with Gasteiger partial charge < -0.3 is 53.9 Å². The molecule has 0 aliphatic heterocycles. The third-order valence-corrected chi connectivity index (χ3v) is 12.4. The zero-order valence-corrected chi connectivity index (χ0v) is 41.7. The van der Waals surface area contributed by atoms with Crippen LogP contribution in [-0.4, -0.2) is 104 Å². The average Bonchev–Trinajstić information content (AvgIpc) is 3.37. The third kappa shape index (κ3) is 19.8. The molecule has 1 aliphatic rings. The Morgan fingerprint density at radius 1 is 0.800 bits per heavy atom. The summed E-state index contributed by atoms with van der Waals surface area (Å²) in [5.74, 6) is -2.46. The number of aryl methyl sites for hydroxylation is 1. The van der Waals surface area contributed by atoms with E-state index in [9.17, 15) is 28.8 Å². The van der Waals surface area contributed by atoms with Crippen LogP contribution in [0.5, 0.6) is 0 Å². The van der Waals surface area contributed by atoms with Gasteiger partial charge in [-0.1, -0.05) is 135 Å². The Morgan fingerprint density at radius 3 is 1.99 bits per heavy atom. The number of rotatable bonds is 24. The first-order chi connectivity index (χ1) is 33.7. The number of hydrogen-bond donors (Lipinski definition) is 8. The predicted octanol–water partition coefficient (Wildman–Crippen LogP) is 4.65. The Labute approximate surface area is 414 Å². The van der Waals surface area contributed by atoms with E-state index in [4.69, 9.17) is 22.9 Å². The molecule has 1 saturated carbocycles. The molecule has 1 aliphatic carbocycles. The van der Waals surface area contributed by atoms with Gasteiger partial charge in [0.05, 0.1) is 12.1 Å². The van der Waals surface area contributed by atoms with Crippen molar-refractivity contribution in [1.29, 1.82) is 0 Å². The van der Waals surface area contributed by atoms with Gasteiger partial charge in [-0.2, -0.15) is 0 Å². The lowest BCUT2D eigenvalue weighted by molar-refractivity contribution is -0.142.